The summed E-state index contributed by atoms with van der Waals surface area (Å²) in [7, 11) is 1.53. The van der Waals surface area contributed by atoms with Gasteiger partial charge in [-0.05, 0) is 24.6 Å². The van der Waals surface area contributed by atoms with Gasteiger partial charge >= 0.3 is 0 Å². The Kier molecular flexibility index (Phi) is 7.63. The average Bonchev–Trinajstić information content (AvgIpc) is 3.27. The summed E-state index contributed by atoms with van der Waals surface area (Å²) in [6.45, 7) is 4.39. The quantitative estimate of drug-likeness (QED) is 0.644. The van der Waals surface area contributed by atoms with E-state index in [9.17, 15) is 9.59 Å². The van der Waals surface area contributed by atoms with E-state index >= 15 is 0 Å². The molecular weight excluding hydrogens is 408 g/mol. The number of carbonyl (C=O) groups excluding carboxylic acids is 2. The summed E-state index contributed by atoms with van der Waals surface area (Å²) >= 11 is 1.38. The molecule has 160 valence electrons. The number of anilines is 1. The molecule has 0 unspecified atom stereocenters. The van der Waals surface area contributed by atoms with Crippen molar-refractivity contribution in [3.05, 3.63) is 40.9 Å². The van der Waals surface area contributed by atoms with E-state index in [1.807, 2.05) is 31.2 Å². The summed E-state index contributed by atoms with van der Waals surface area (Å²) in [5, 5.41) is 2.41. The number of ether oxygens (including phenoxy) is 3. The van der Waals surface area contributed by atoms with Crippen LogP contribution in [0.4, 0.5) is 5.13 Å². The second-order valence-corrected chi connectivity index (χ2v) is 7.15. The third-order valence-electron chi connectivity index (χ3n) is 4.23. The average molecular weight is 433 g/mol. The second-order valence-electron chi connectivity index (χ2n) is 6.32. The highest BCUT2D eigenvalue weighted by Crippen LogP contribution is 2.28. The minimum Gasteiger partial charge on any atom is -0.493 e. The Labute approximate surface area is 178 Å². The molecule has 1 aromatic heterocycles. The standard InChI is InChI=1S/C20H24N4O5S/c1-3-4-14-5-6-16(17(11-14)27-2)29-12-18(25)22-23-19(26)15-13-30-20(21-15)24-7-9-28-10-8-24/h3-6,11,13H,7-10,12H2,1-2H3,(H,22,25)(H,23,26)/b4-3+. The van der Waals surface area contributed by atoms with E-state index in [0.717, 1.165) is 23.8 Å². The summed E-state index contributed by atoms with van der Waals surface area (Å²) in [4.78, 5) is 30.6. The summed E-state index contributed by atoms with van der Waals surface area (Å²) < 4.78 is 16.1. The highest BCUT2D eigenvalue weighted by molar-refractivity contribution is 7.13. The molecule has 0 spiro atoms. The van der Waals surface area contributed by atoms with Crippen molar-refractivity contribution < 1.29 is 23.8 Å². The summed E-state index contributed by atoms with van der Waals surface area (Å²) in [6, 6.07) is 5.39. The Morgan fingerprint density at radius 1 is 1.27 bits per heavy atom. The van der Waals surface area contributed by atoms with Gasteiger partial charge in [-0.25, -0.2) is 4.98 Å². The van der Waals surface area contributed by atoms with E-state index in [1.165, 1.54) is 18.4 Å². The topological polar surface area (TPSA) is 102 Å². The van der Waals surface area contributed by atoms with Crippen molar-refractivity contribution in [2.24, 2.45) is 0 Å². The predicted molar refractivity (Wildman–Crippen MR) is 114 cm³/mol. The lowest BCUT2D eigenvalue weighted by Crippen LogP contribution is -2.44. The molecule has 30 heavy (non-hydrogen) atoms. The number of thiazole rings is 1. The number of aromatic nitrogens is 1. The number of amides is 2. The molecule has 1 saturated heterocycles. The van der Waals surface area contributed by atoms with E-state index in [1.54, 1.807) is 11.4 Å². The maximum absolute atomic E-state index is 12.2. The van der Waals surface area contributed by atoms with Crippen molar-refractivity contribution in [2.75, 3.05) is 44.9 Å². The molecule has 1 aliphatic heterocycles. The minimum atomic E-state index is -0.508. The number of hydrogen-bond acceptors (Lipinski definition) is 8. The molecule has 1 fully saturated rings. The lowest BCUT2D eigenvalue weighted by atomic mass is 10.2. The first-order valence-corrected chi connectivity index (χ1v) is 10.3. The van der Waals surface area contributed by atoms with Crippen LogP contribution in [0.2, 0.25) is 0 Å². The lowest BCUT2D eigenvalue weighted by Gasteiger charge is -2.25. The third-order valence-corrected chi connectivity index (χ3v) is 5.13. The van der Waals surface area contributed by atoms with Crippen LogP contribution in [0, 0.1) is 0 Å². The van der Waals surface area contributed by atoms with Crippen LogP contribution in [0.25, 0.3) is 6.08 Å². The Morgan fingerprint density at radius 2 is 2.07 bits per heavy atom. The van der Waals surface area contributed by atoms with E-state index in [4.69, 9.17) is 14.2 Å². The van der Waals surface area contributed by atoms with E-state index in [-0.39, 0.29) is 12.3 Å². The van der Waals surface area contributed by atoms with Gasteiger partial charge in [-0.3, -0.25) is 20.4 Å². The van der Waals surface area contributed by atoms with Gasteiger partial charge in [-0.1, -0.05) is 18.2 Å². The Balaban J connectivity index is 1.47. The molecule has 0 aliphatic carbocycles. The van der Waals surface area contributed by atoms with Crippen molar-refractivity contribution in [1.29, 1.82) is 0 Å². The van der Waals surface area contributed by atoms with Crippen LogP contribution in [-0.4, -0.2) is 56.8 Å². The zero-order chi connectivity index (χ0) is 21.3. The molecular formula is C20H24N4O5S. The number of methoxy groups -OCH3 is 1. The highest BCUT2D eigenvalue weighted by atomic mass is 32.1. The largest absolute Gasteiger partial charge is 0.493 e. The van der Waals surface area contributed by atoms with Gasteiger partial charge in [0.2, 0.25) is 0 Å². The van der Waals surface area contributed by atoms with Gasteiger partial charge in [0.05, 0.1) is 20.3 Å². The third kappa shape index (κ3) is 5.71. The van der Waals surface area contributed by atoms with Crippen LogP contribution in [0.1, 0.15) is 23.0 Å². The molecule has 2 heterocycles. The first-order chi connectivity index (χ1) is 14.6. The number of carbonyl (C=O) groups is 2. The Bertz CT molecular complexity index is 908. The molecule has 9 nitrogen and oxygen atoms in total. The number of allylic oxidation sites excluding steroid dienone is 1. The molecule has 0 bridgehead atoms. The van der Waals surface area contributed by atoms with Gasteiger partial charge in [-0.2, -0.15) is 0 Å². The normalized spacial score (nSPS) is 13.9. The number of hydrazine groups is 1. The van der Waals surface area contributed by atoms with Gasteiger partial charge in [-0.15, -0.1) is 11.3 Å². The summed E-state index contributed by atoms with van der Waals surface area (Å²) in [5.41, 5.74) is 5.87. The van der Waals surface area contributed by atoms with Gasteiger partial charge < -0.3 is 19.1 Å². The number of nitrogens with one attached hydrogen (secondary N) is 2. The van der Waals surface area contributed by atoms with Crippen LogP contribution in [0.5, 0.6) is 11.5 Å². The van der Waals surface area contributed by atoms with Crippen LogP contribution in [-0.2, 0) is 9.53 Å². The zero-order valence-corrected chi connectivity index (χ0v) is 17.7. The Morgan fingerprint density at radius 3 is 2.80 bits per heavy atom. The van der Waals surface area contributed by atoms with E-state index in [0.29, 0.717) is 24.7 Å². The van der Waals surface area contributed by atoms with Crippen molar-refractivity contribution >= 4 is 34.4 Å². The monoisotopic (exact) mass is 432 g/mol. The fraction of sp³-hybridized carbons (Fsp3) is 0.350. The number of rotatable bonds is 7. The van der Waals surface area contributed by atoms with Crippen LogP contribution in [0.3, 0.4) is 0 Å². The van der Waals surface area contributed by atoms with Gasteiger partial charge in [0.25, 0.3) is 11.8 Å². The first-order valence-electron chi connectivity index (χ1n) is 9.41. The molecule has 1 aromatic carbocycles. The maximum Gasteiger partial charge on any atom is 0.289 e. The molecule has 2 amide bonds. The lowest BCUT2D eigenvalue weighted by molar-refractivity contribution is -0.123. The number of hydrogen-bond donors (Lipinski definition) is 2. The molecule has 0 atom stereocenters. The minimum absolute atomic E-state index is 0.240. The zero-order valence-electron chi connectivity index (χ0n) is 16.8. The molecule has 2 N–H and O–H groups in total. The number of benzene rings is 1. The van der Waals surface area contributed by atoms with E-state index in [2.05, 4.69) is 20.7 Å². The van der Waals surface area contributed by atoms with Crippen LogP contribution < -0.4 is 25.2 Å². The first kappa shape index (κ1) is 21.6. The second kappa shape index (κ2) is 10.6. The summed E-state index contributed by atoms with van der Waals surface area (Å²) in [5.74, 6) is -0.0543. The Hall–Kier alpha value is -3.11. The fourth-order valence-corrected chi connectivity index (χ4v) is 3.60. The van der Waals surface area contributed by atoms with Crippen LogP contribution in [0.15, 0.2) is 29.7 Å². The van der Waals surface area contributed by atoms with Gasteiger partial charge in [0, 0.05) is 18.5 Å². The van der Waals surface area contributed by atoms with Crippen molar-refractivity contribution in [3.8, 4) is 11.5 Å². The molecule has 2 aromatic rings. The summed E-state index contributed by atoms with van der Waals surface area (Å²) in [6.07, 6.45) is 3.84. The van der Waals surface area contributed by atoms with Gasteiger partial charge in [0.1, 0.15) is 5.69 Å². The SMILES string of the molecule is C/C=C/c1ccc(OCC(=O)NNC(=O)c2csc(N3CCOCC3)n2)c(OC)c1. The molecule has 1 aliphatic rings. The number of morpholine rings is 1. The van der Waals surface area contributed by atoms with Gasteiger partial charge in [0.15, 0.2) is 23.2 Å². The van der Waals surface area contributed by atoms with E-state index < -0.39 is 11.8 Å². The molecule has 0 radical (unpaired) electrons. The number of nitrogens with zero attached hydrogens (tertiary/aromatic N) is 2. The molecule has 3 rings (SSSR count). The fourth-order valence-electron chi connectivity index (χ4n) is 2.74. The molecule has 10 heteroatoms. The molecule has 0 saturated carbocycles. The van der Waals surface area contributed by atoms with Crippen molar-refractivity contribution in [1.82, 2.24) is 15.8 Å². The predicted octanol–water partition coefficient (Wildman–Crippen LogP) is 1.86. The maximum atomic E-state index is 12.2. The van der Waals surface area contributed by atoms with Crippen molar-refractivity contribution in [3.63, 3.8) is 0 Å². The van der Waals surface area contributed by atoms with Crippen LogP contribution >= 0.6 is 11.3 Å². The highest BCUT2D eigenvalue weighted by Gasteiger charge is 2.18. The van der Waals surface area contributed by atoms with Crippen molar-refractivity contribution in [2.45, 2.75) is 6.92 Å². The smallest absolute Gasteiger partial charge is 0.289 e.